The largest absolute Gasteiger partial charge is 0.496 e. The molecule has 0 fully saturated rings. The molecule has 0 radical (unpaired) electrons. The molecule has 0 aliphatic heterocycles. The van der Waals surface area contributed by atoms with Gasteiger partial charge in [0.15, 0.2) is 5.78 Å². The molecule has 0 bridgehead atoms. The molecule has 0 saturated heterocycles. The third-order valence-electron chi connectivity index (χ3n) is 2.77. The number of methoxy groups -OCH3 is 1. The van der Waals surface area contributed by atoms with Gasteiger partial charge in [0.2, 0.25) is 0 Å². The zero-order chi connectivity index (χ0) is 13.8. The number of rotatable bonds is 6. The van der Waals surface area contributed by atoms with Crippen LogP contribution >= 0.6 is 11.6 Å². The average Bonchev–Trinajstić information content (AvgIpc) is 2.29. The van der Waals surface area contributed by atoms with Gasteiger partial charge in [-0.3, -0.25) is 4.79 Å². The first kappa shape index (κ1) is 15.0. The smallest absolute Gasteiger partial charge is 0.168 e. The first-order valence-electron chi connectivity index (χ1n) is 5.90. The summed E-state index contributed by atoms with van der Waals surface area (Å²) >= 11 is 5.93. The van der Waals surface area contributed by atoms with Gasteiger partial charge in [0.25, 0.3) is 0 Å². The van der Waals surface area contributed by atoms with Crippen molar-refractivity contribution in [3.05, 3.63) is 28.8 Å². The van der Waals surface area contributed by atoms with Crippen molar-refractivity contribution in [2.75, 3.05) is 13.7 Å². The van der Waals surface area contributed by atoms with Crippen LogP contribution in [0, 0.1) is 0 Å². The second-order valence-electron chi connectivity index (χ2n) is 4.50. The normalized spacial score (nSPS) is 11.4. The van der Waals surface area contributed by atoms with Crippen LogP contribution in [0.5, 0.6) is 5.75 Å². The number of ketones is 1. The number of halogens is 1. The Labute approximate surface area is 113 Å². The second-order valence-corrected chi connectivity index (χ2v) is 4.94. The van der Waals surface area contributed by atoms with Crippen molar-refractivity contribution >= 4 is 17.4 Å². The molecule has 1 rings (SSSR count). The Hall–Kier alpha value is -1.06. The van der Waals surface area contributed by atoms with Crippen molar-refractivity contribution in [1.82, 2.24) is 0 Å². The predicted octanol–water partition coefficient (Wildman–Crippen LogP) is 3.28. The van der Waals surface area contributed by atoms with E-state index in [4.69, 9.17) is 21.1 Å². The lowest BCUT2D eigenvalue weighted by atomic mass is 9.96. The molecule has 100 valence electrons. The lowest BCUT2D eigenvalue weighted by Gasteiger charge is -2.23. The Morgan fingerprint density at radius 1 is 1.39 bits per heavy atom. The van der Waals surface area contributed by atoms with Crippen molar-refractivity contribution in [2.24, 2.45) is 0 Å². The summed E-state index contributed by atoms with van der Waals surface area (Å²) in [5.41, 5.74) is -0.00925. The Morgan fingerprint density at radius 2 is 2.06 bits per heavy atom. The standard InChI is InChI=1S/C14H19ClO3/c1-5-18-14(2,3)13(16)9-10-8-11(15)6-7-12(10)17-4/h6-8H,5,9H2,1-4H3. The Morgan fingerprint density at radius 3 is 2.61 bits per heavy atom. The number of hydrogen-bond donors (Lipinski definition) is 0. The molecular formula is C14H19ClO3. The van der Waals surface area contributed by atoms with Crippen LogP contribution in [0.15, 0.2) is 18.2 Å². The fraction of sp³-hybridized carbons (Fsp3) is 0.500. The van der Waals surface area contributed by atoms with Crippen molar-refractivity contribution < 1.29 is 14.3 Å². The van der Waals surface area contributed by atoms with E-state index in [-0.39, 0.29) is 12.2 Å². The summed E-state index contributed by atoms with van der Waals surface area (Å²) in [6.45, 7) is 5.92. The highest BCUT2D eigenvalue weighted by Crippen LogP contribution is 2.25. The van der Waals surface area contributed by atoms with E-state index in [2.05, 4.69) is 0 Å². The molecule has 0 aliphatic carbocycles. The summed E-state index contributed by atoms with van der Waals surface area (Å²) in [4.78, 5) is 12.2. The summed E-state index contributed by atoms with van der Waals surface area (Å²) in [7, 11) is 1.57. The molecule has 1 aromatic carbocycles. The lowest BCUT2D eigenvalue weighted by molar-refractivity contribution is -0.139. The number of carbonyl (C=O) groups is 1. The first-order valence-corrected chi connectivity index (χ1v) is 6.28. The van der Waals surface area contributed by atoms with Crippen LogP contribution < -0.4 is 4.74 Å². The van der Waals surface area contributed by atoms with E-state index in [9.17, 15) is 4.79 Å². The first-order chi connectivity index (χ1) is 8.40. The molecule has 0 aromatic heterocycles. The quantitative estimate of drug-likeness (QED) is 0.796. The van der Waals surface area contributed by atoms with Gasteiger partial charge >= 0.3 is 0 Å². The Bertz CT molecular complexity index is 427. The zero-order valence-electron chi connectivity index (χ0n) is 11.2. The molecule has 18 heavy (non-hydrogen) atoms. The fourth-order valence-electron chi connectivity index (χ4n) is 1.71. The van der Waals surface area contributed by atoms with Gasteiger partial charge in [0.05, 0.1) is 7.11 Å². The van der Waals surface area contributed by atoms with Crippen LogP contribution in [0.2, 0.25) is 5.02 Å². The molecule has 0 N–H and O–H groups in total. The summed E-state index contributed by atoms with van der Waals surface area (Å²) in [5, 5.41) is 0.591. The molecule has 3 nitrogen and oxygen atoms in total. The molecule has 0 spiro atoms. The predicted molar refractivity (Wildman–Crippen MR) is 72.4 cm³/mol. The number of carbonyl (C=O) groups excluding carboxylic acids is 1. The highest BCUT2D eigenvalue weighted by atomic mass is 35.5. The second kappa shape index (κ2) is 6.21. The van der Waals surface area contributed by atoms with Crippen molar-refractivity contribution in [2.45, 2.75) is 32.8 Å². The molecule has 0 aliphatic rings. The molecule has 4 heteroatoms. The van der Waals surface area contributed by atoms with E-state index in [0.29, 0.717) is 17.4 Å². The number of ether oxygens (including phenoxy) is 2. The topological polar surface area (TPSA) is 35.5 Å². The number of hydrogen-bond acceptors (Lipinski definition) is 3. The third kappa shape index (κ3) is 3.72. The summed E-state index contributed by atoms with van der Waals surface area (Å²) in [5.74, 6) is 0.671. The maximum atomic E-state index is 12.2. The molecule has 0 amide bonds. The number of benzene rings is 1. The van der Waals surface area contributed by atoms with Gasteiger partial charge in [-0.05, 0) is 39.0 Å². The Kier molecular flexibility index (Phi) is 5.17. The summed E-state index contributed by atoms with van der Waals surface area (Å²) < 4.78 is 10.7. The van der Waals surface area contributed by atoms with E-state index < -0.39 is 5.60 Å². The minimum Gasteiger partial charge on any atom is -0.496 e. The van der Waals surface area contributed by atoms with Gasteiger partial charge in [0, 0.05) is 23.6 Å². The van der Waals surface area contributed by atoms with Crippen LogP contribution in [0.25, 0.3) is 0 Å². The van der Waals surface area contributed by atoms with Crippen molar-refractivity contribution in [1.29, 1.82) is 0 Å². The molecule has 1 aromatic rings. The van der Waals surface area contributed by atoms with E-state index in [0.717, 1.165) is 5.56 Å². The van der Waals surface area contributed by atoms with Crippen LogP contribution in [-0.2, 0) is 16.0 Å². The summed E-state index contributed by atoms with van der Waals surface area (Å²) in [6.07, 6.45) is 0.247. The van der Waals surface area contributed by atoms with Gasteiger partial charge < -0.3 is 9.47 Å². The fourth-order valence-corrected chi connectivity index (χ4v) is 1.91. The van der Waals surface area contributed by atoms with Gasteiger partial charge in [0.1, 0.15) is 11.4 Å². The van der Waals surface area contributed by atoms with Crippen molar-refractivity contribution in [3.63, 3.8) is 0 Å². The maximum absolute atomic E-state index is 12.2. The zero-order valence-corrected chi connectivity index (χ0v) is 12.0. The van der Waals surface area contributed by atoms with Crippen LogP contribution in [0.3, 0.4) is 0 Å². The molecule has 0 heterocycles. The number of Topliss-reactive ketones (excluding diaryl/α,β-unsaturated/α-hetero) is 1. The minimum absolute atomic E-state index is 0.00455. The molecule has 0 atom stereocenters. The molecular weight excluding hydrogens is 252 g/mol. The highest BCUT2D eigenvalue weighted by molar-refractivity contribution is 6.30. The van der Waals surface area contributed by atoms with Gasteiger partial charge in [-0.25, -0.2) is 0 Å². The van der Waals surface area contributed by atoms with Crippen LogP contribution in [0.4, 0.5) is 0 Å². The van der Waals surface area contributed by atoms with Crippen LogP contribution in [0.1, 0.15) is 26.3 Å². The van der Waals surface area contributed by atoms with Gasteiger partial charge in [-0.15, -0.1) is 0 Å². The van der Waals surface area contributed by atoms with E-state index in [1.807, 2.05) is 6.92 Å². The van der Waals surface area contributed by atoms with Crippen molar-refractivity contribution in [3.8, 4) is 5.75 Å². The lowest BCUT2D eigenvalue weighted by Crippen LogP contribution is -2.36. The third-order valence-corrected chi connectivity index (χ3v) is 3.01. The van der Waals surface area contributed by atoms with Gasteiger partial charge in [-0.2, -0.15) is 0 Å². The monoisotopic (exact) mass is 270 g/mol. The average molecular weight is 271 g/mol. The van der Waals surface area contributed by atoms with Gasteiger partial charge in [-0.1, -0.05) is 11.6 Å². The van der Waals surface area contributed by atoms with E-state index in [1.165, 1.54) is 0 Å². The molecule has 0 unspecified atom stereocenters. The maximum Gasteiger partial charge on any atom is 0.168 e. The highest BCUT2D eigenvalue weighted by Gasteiger charge is 2.28. The summed E-state index contributed by atoms with van der Waals surface area (Å²) in [6, 6.07) is 5.25. The minimum atomic E-state index is -0.790. The Balaban J connectivity index is 2.90. The SMILES string of the molecule is CCOC(C)(C)C(=O)Cc1cc(Cl)ccc1OC. The van der Waals surface area contributed by atoms with Crippen LogP contribution in [-0.4, -0.2) is 25.1 Å². The van der Waals surface area contributed by atoms with E-state index in [1.54, 1.807) is 39.2 Å². The van der Waals surface area contributed by atoms with E-state index >= 15 is 0 Å². The molecule has 0 saturated carbocycles.